The van der Waals surface area contributed by atoms with Crippen LogP contribution < -0.4 is 0 Å². The second-order valence-electron chi connectivity index (χ2n) is 7.60. The fourth-order valence-electron chi connectivity index (χ4n) is 4.69. The molecule has 19 heavy (non-hydrogen) atoms. The summed E-state index contributed by atoms with van der Waals surface area (Å²) in [5.41, 5.74) is 0.898. The average Bonchev–Trinajstić information content (AvgIpc) is 2.59. The third-order valence-electron chi connectivity index (χ3n) is 5.87. The topological polar surface area (TPSA) is 9.23 Å². The summed E-state index contributed by atoms with van der Waals surface area (Å²) in [6.45, 7) is 9.35. The Kier molecular flexibility index (Phi) is 3.42. The molecule has 4 atom stereocenters. The van der Waals surface area contributed by atoms with Crippen molar-refractivity contribution in [2.75, 3.05) is 0 Å². The summed E-state index contributed by atoms with van der Waals surface area (Å²) in [6.07, 6.45) is 9.16. The third kappa shape index (κ3) is 1.98. The Bertz CT molecular complexity index is 406. The van der Waals surface area contributed by atoms with Crippen LogP contribution >= 0.6 is 10.1 Å². The quantitative estimate of drug-likeness (QED) is 0.508. The predicted molar refractivity (Wildman–Crippen MR) is 83.6 cm³/mol. The molecule has 3 heteroatoms. The van der Waals surface area contributed by atoms with Gasteiger partial charge in [0.25, 0.3) is 0 Å². The van der Waals surface area contributed by atoms with Crippen LogP contribution in [0.2, 0.25) is 10.6 Å². The standard InChI is InChI=1S/C16H27ClOSe/c1-12(2)7-6-10-19(17)11-16-9-5-8-13(14(16)18-19)15(16,3)4/h6-7,12-14H,5,8-11H2,1-4H3/b7-6+. The Morgan fingerprint density at radius 1 is 1.42 bits per heavy atom. The van der Waals surface area contributed by atoms with Crippen LogP contribution in [0.3, 0.4) is 0 Å². The first-order valence-corrected chi connectivity index (χ1v) is 13.0. The fraction of sp³-hybridized carbons (Fsp3) is 0.875. The van der Waals surface area contributed by atoms with Gasteiger partial charge in [-0.3, -0.25) is 0 Å². The summed E-state index contributed by atoms with van der Waals surface area (Å²) in [6, 6.07) is 0. The monoisotopic (exact) mass is 350 g/mol. The van der Waals surface area contributed by atoms with E-state index < -0.39 is 12.3 Å². The first kappa shape index (κ1) is 14.4. The zero-order valence-electron chi connectivity index (χ0n) is 12.6. The van der Waals surface area contributed by atoms with Gasteiger partial charge in [-0.25, -0.2) is 0 Å². The summed E-state index contributed by atoms with van der Waals surface area (Å²) in [5.74, 6) is 1.39. The van der Waals surface area contributed by atoms with Gasteiger partial charge in [-0.15, -0.1) is 0 Å². The van der Waals surface area contributed by atoms with Crippen LogP contribution in [-0.2, 0) is 3.82 Å². The Hall–Kier alpha value is 0.509. The van der Waals surface area contributed by atoms with E-state index in [0.29, 0.717) is 22.9 Å². The van der Waals surface area contributed by atoms with Gasteiger partial charge < -0.3 is 0 Å². The normalized spacial score (nSPS) is 50.8. The number of rotatable bonds is 3. The van der Waals surface area contributed by atoms with E-state index in [0.717, 1.165) is 11.2 Å². The third-order valence-corrected chi connectivity index (χ3v) is 12.1. The summed E-state index contributed by atoms with van der Waals surface area (Å²) < 4.78 is 6.49. The summed E-state index contributed by atoms with van der Waals surface area (Å²) in [5, 5.41) is 2.21. The molecule has 0 aromatic carbocycles. The van der Waals surface area contributed by atoms with Crippen molar-refractivity contribution in [2.45, 2.75) is 63.7 Å². The van der Waals surface area contributed by atoms with Crippen molar-refractivity contribution in [3.05, 3.63) is 12.2 Å². The first-order valence-electron chi connectivity index (χ1n) is 7.64. The van der Waals surface area contributed by atoms with E-state index in [4.69, 9.17) is 13.9 Å². The Labute approximate surface area is 124 Å². The first-order chi connectivity index (χ1) is 8.81. The van der Waals surface area contributed by atoms with E-state index in [1.165, 1.54) is 24.6 Å². The molecule has 0 amide bonds. The van der Waals surface area contributed by atoms with Crippen LogP contribution in [0.1, 0.15) is 47.0 Å². The van der Waals surface area contributed by atoms with Gasteiger partial charge in [-0.1, -0.05) is 0 Å². The van der Waals surface area contributed by atoms with E-state index >= 15 is 0 Å². The maximum atomic E-state index is 6.96. The molecule has 2 bridgehead atoms. The van der Waals surface area contributed by atoms with Crippen molar-refractivity contribution in [1.29, 1.82) is 0 Å². The van der Waals surface area contributed by atoms with E-state index in [2.05, 4.69) is 39.8 Å². The van der Waals surface area contributed by atoms with E-state index in [-0.39, 0.29) is 0 Å². The van der Waals surface area contributed by atoms with Crippen LogP contribution in [0, 0.1) is 22.7 Å². The summed E-state index contributed by atoms with van der Waals surface area (Å²) in [4.78, 5) is 0. The molecule has 3 rings (SSSR count). The molecule has 0 spiro atoms. The minimum atomic E-state index is -2.21. The van der Waals surface area contributed by atoms with Crippen LogP contribution in [-0.4, -0.2) is 18.4 Å². The number of hydrogen-bond donors (Lipinski definition) is 0. The Morgan fingerprint density at radius 3 is 2.74 bits per heavy atom. The van der Waals surface area contributed by atoms with Crippen LogP contribution in [0.4, 0.5) is 0 Å². The summed E-state index contributed by atoms with van der Waals surface area (Å²) in [7, 11) is 6.96. The van der Waals surface area contributed by atoms with Gasteiger partial charge in [-0.05, 0) is 0 Å². The molecule has 1 nitrogen and oxygen atoms in total. The van der Waals surface area contributed by atoms with Gasteiger partial charge >= 0.3 is 125 Å². The molecule has 2 saturated carbocycles. The van der Waals surface area contributed by atoms with Crippen LogP contribution in [0.5, 0.6) is 0 Å². The molecule has 1 heterocycles. The fourth-order valence-corrected chi connectivity index (χ4v) is 12.4. The van der Waals surface area contributed by atoms with Gasteiger partial charge in [0, 0.05) is 0 Å². The van der Waals surface area contributed by atoms with Crippen molar-refractivity contribution in [3.63, 3.8) is 0 Å². The van der Waals surface area contributed by atoms with Crippen molar-refractivity contribution < 1.29 is 3.82 Å². The molecule has 3 fully saturated rings. The predicted octanol–water partition coefficient (Wildman–Crippen LogP) is 5.10. The van der Waals surface area contributed by atoms with E-state index in [9.17, 15) is 0 Å². The molecule has 4 unspecified atom stereocenters. The molecular weight excluding hydrogens is 323 g/mol. The average molecular weight is 350 g/mol. The molecule has 3 aliphatic rings. The van der Waals surface area contributed by atoms with Gasteiger partial charge in [0.1, 0.15) is 0 Å². The Morgan fingerprint density at radius 2 is 2.16 bits per heavy atom. The number of halogens is 1. The second kappa shape index (κ2) is 4.50. The second-order valence-corrected chi connectivity index (χ2v) is 15.3. The molecule has 1 saturated heterocycles. The molecule has 0 aromatic rings. The zero-order chi connectivity index (χ0) is 13.9. The SMILES string of the molecule is CC(C)/C=C/C[Se]1(Cl)CC23CCCC(C2O1)C3(C)C. The van der Waals surface area contributed by atoms with Crippen molar-refractivity contribution in [3.8, 4) is 0 Å². The molecule has 0 radical (unpaired) electrons. The number of allylic oxidation sites excluding steroid dienone is 2. The van der Waals surface area contributed by atoms with Crippen molar-refractivity contribution >= 4 is 22.4 Å². The molecule has 0 N–H and O–H groups in total. The van der Waals surface area contributed by atoms with E-state index in [1.54, 1.807) is 0 Å². The molecule has 0 aromatic heterocycles. The molecule has 1 aliphatic heterocycles. The van der Waals surface area contributed by atoms with Crippen molar-refractivity contribution in [1.82, 2.24) is 0 Å². The van der Waals surface area contributed by atoms with Crippen LogP contribution in [0.15, 0.2) is 12.2 Å². The minimum absolute atomic E-state index is 0.434. The van der Waals surface area contributed by atoms with E-state index in [1.807, 2.05) is 0 Å². The van der Waals surface area contributed by atoms with Gasteiger partial charge in [0.05, 0.1) is 0 Å². The Balaban J connectivity index is 1.76. The van der Waals surface area contributed by atoms with Gasteiger partial charge in [-0.2, -0.15) is 0 Å². The molecule has 110 valence electrons. The number of hydrogen-bond acceptors (Lipinski definition) is 1. The van der Waals surface area contributed by atoms with Gasteiger partial charge in [0.15, 0.2) is 0 Å². The van der Waals surface area contributed by atoms with Crippen molar-refractivity contribution in [2.24, 2.45) is 22.7 Å². The molecular formula is C16H27ClOSe. The molecule has 2 aliphatic carbocycles. The zero-order valence-corrected chi connectivity index (χ0v) is 15.1. The summed E-state index contributed by atoms with van der Waals surface area (Å²) >= 11 is -2.21. The van der Waals surface area contributed by atoms with Gasteiger partial charge in [0.2, 0.25) is 0 Å². The maximum absolute atomic E-state index is 6.96. The van der Waals surface area contributed by atoms with Crippen LogP contribution in [0.25, 0.3) is 0 Å².